The third-order valence-electron chi connectivity index (χ3n) is 4.04. The predicted molar refractivity (Wildman–Crippen MR) is 89.6 cm³/mol. The topological polar surface area (TPSA) is 52.6 Å². The fraction of sp³-hybridized carbons (Fsp3) is 0.562. The van der Waals surface area contributed by atoms with Gasteiger partial charge in [0.05, 0.1) is 21.7 Å². The molecule has 2 N–H and O–H groups in total. The minimum absolute atomic E-state index is 0.202. The lowest BCUT2D eigenvalue weighted by atomic mass is 9.99. The molecule has 0 radical (unpaired) electrons. The lowest BCUT2D eigenvalue weighted by molar-refractivity contribution is 0.0795. The first kappa shape index (κ1) is 17.5. The molecule has 122 valence electrons. The van der Waals surface area contributed by atoms with Gasteiger partial charge in [0.2, 0.25) is 0 Å². The Balaban J connectivity index is 1.79. The van der Waals surface area contributed by atoms with Crippen LogP contribution in [-0.4, -0.2) is 48.2 Å². The molecule has 0 aromatic heterocycles. The van der Waals surface area contributed by atoms with E-state index in [2.05, 4.69) is 17.1 Å². The van der Waals surface area contributed by atoms with Crippen molar-refractivity contribution in [1.82, 2.24) is 10.2 Å². The first-order valence-corrected chi connectivity index (χ1v) is 8.35. The van der Waals surface area contributed by atoms with E-state index in [4.69, 9.17) is 23.2 Å². The number of aliphatic hydroxyl groups excluding tert-OH is 1. The number of amides is 1. The van der Waals surface area contributed by atoms with Gasteiger partial charge in [-0.1, -0.05) is 36.2 Å². The summed E-state index contributed by atoms with van der Waals surface area (Å²) < 4.78 is 0. The molecule has 1 heterocycles. The van der Waals surface area contributed by atoms with Crippen molar-refractivity contribution in [1.29, 1.82) is 0 Å². The third-order valence-corrected chi connectivity index (χ3v) is 4.86. The van der Waals surface area contributed by atoms with E-state index in [9.17, 15) is 9.90 Å². The number of aliphatic hydroxyl groups is 1. The van der Waals surface area contributed by atoms with Gasteiger partial charge in [-0.3, -0.25) is 4.79 Å². The predicted octanol–water partition coefficient (Wildman–Crippen LogP) is 2.82. The summed E-state index contributed by atoms with van der Waals surface area (Å²) in [5, 5.41) is 13.4. The monoisotopic (exact) mass is 344 g/mol. The van der Waals surface area contributed by atoms with Gasteiger partial charge in [0.25, 0.3) is 5.91 Å². The van der Waals surface area contributed by atoms with E-state index in [-0.39, 0.29) is 17.5 Å². The van der Waals surface area contributed by atoms with E-state index in [0.717, 1.165) is 31.8 Å². The van der Waals surface area contributed by atoms with Crippen LogP contribution in [0, 0.1) is 5.92 Å². The zero-order valence-electron chi connectivity index (χ0n) is 12.7. The molecule has 1 atom stereocenters. The van der Waals surface area contributed by atoms with Gasteiger partial charge in [-0.05, 0) is 44.0 Å². The van der Waals surface area contributed by atoms with Crippen molar-refractivity contribution in [2.24, 2.45) is 5.92 Å². The van der Waals surface area contributed by atoms with Gasteiger partial charge in [-0.15, -0.1) is 0 Å². The van der Waals surface area contributed by atoms with Crippen molar-refractivity contribution in [2.75, 3.05) is 26.2 Å². The maximum atomic E-state index is 12.1. The van der Waals surface area contributed by atoms with Gasteiger partial charge in [0.15, 0.2) is 0 Å². The lowest BCUT2D eigenvalue weighted by Gasteiger charge is -2.31. The second-order valence-electron chi connectivity index (χ2n) is 5.95. The van der Waals surface area contributed by atoms with Crippen molar-refractivity contribution < 1.29 is 9.90 Å². The van der Waals surface area contributed by atoms with Crippen LogP contribution in [0.3, 0.4) is 0 Å². The molecule has 1 fully saturated rings. The average Bonchev–Trinajstić information content (AvgIpc) is 2.50. The Morgan fingerprint density at radius 1 is 1.41 bits per heavy atom. The first-order chi connectivity index (χ1) is 10.5. The van der Waals surface area contributed by atoms with E-state index < -0.39 is 6.10 Å². The zero-order valence-corrected chi connectivity index (χ0v) is 14.2. The smallest absolute Gasteiger partial charge is 0.252 e. The number of hydrogen-bond donors (Lipinski definition) is 2. The molecule has 4 nitrogen and oxygen atoms in total. The highest BCUT2D eigenvalue weighted by atomic mass is 35.5. The maximum Gasteiger partial charge on any atom is 0.252 e. The van der Waals surface area contributed by atoms with Crippen LogP contribution in [0.1, 0.15) is 30.1 Å². The number of carbonyl (C=O) groups excluding carboxylic acids is 1. The Bertz CT molecular complexity index is 517. The van der Waals surface area contributed by atoms with Gasteiger partial charge in [-0.2, -0.15) is 0 Å². The normalized spacial score (nSPS) is 18.2. The fourth-order valence-corrected chi connectivity index (χ4v) is 2.98. The highest BCUT2D eigenvalue weighted by Crippen LogP contribution is 2.25. The van der Waals surface area contributed by atoms with Crippen molar-refractivity contribution in [3.05, 3.63) is 33.8 Å². The number of carbonyl (C=O) groups is 1. The highest BCUT2D eigenvalue weighted by molar-refractivity contribution is 6.43. The third kappa shape index (κ3) is 4.85. The number of rotatable bonds is 5. The number of hydrogen-bond acceptors (Lipinski definition) is 3. The highest BCUT2D eigenvalue weighted by Gasteiger charge is 2.19. The van der Waals surface area contributed by atoms with Gasteiger partial charge in [0.1, 0.15) is 0 Å². The molecule has 0 saturated carbocycles. The molecule has 0 bridgehead atoms. The maximum absolute atomic E-state index is 12.1. The molecule has 1 amide bonds. The van der Waals surface area contributed by atoms with Crippen LogP contribution in [0.5, 0.6) is 0 Å². The Morgan fingerprint density at radius 2 is 2.09 bits per heavy atom. The van der Waals surface area contributed by atoms with Crippen LogP contribution in [0.2, 0.25) is 10.0 Å². The quantitative estimate of drug-likeness (QED) is 0.863. The molecule has 2 rings (SSSR count). The van der Waals surface area contributed by atoms with Crippen LogP contribution in [-0.2, 0) is 0 Å². The zero-order chi connectivity index (χ0) is 16.1. The lowest BCUT2D eigenvalue weighted by Crippen LogP contribution is -2.43. The number of benzene rings is 1. The molecule has 1 aliphatic heterocycles. The van der Waals surface area contributed by atoms with E-state index in [0.29, 0.717) is 17.1 Å². The number of likely N-dealkylation sites (tertiary alicyclic amines) is 1. The number of nitrogens with one attached hydrogen (secondary N) is 1. The van der Waals surface area contributed by atoms with Crippen molar-refractivity contribution in [3.63, 3.8) is 0 Å². The molecule has 0 spiro atoms. The summed E-state index contributed by atoms with van der Waals surface area (Å²) >= 11 is 11.9. The van der Waals surface area contributed by atoms with Gasteiger partial charge < -0.3 is 15.3 Å². The van der Waals surface area contributed by atoms with Crippen LogP contribution in [0.25, 0.3) is 0 Å². The summed E-state index contributed by atoms with van der Waals surface area (Å²) in [7, 11) is 0. The molecular weight excluding hydrogens is 323 g/mol. The summed E-state index contributed by atoms with van der Waals surface area (Å²) in [4.78, 5) is 14.3. The molecule has 1 aromatic carbocycles. The molecular formula is C16H22Cl2N2O2. The minimum Gasteiger partial charge on any atom is -0.390 e. The largest absolute Gasteiger partial charge is 0.390 e. The fourth-order valence-electron chi connectivity index (χ4n) is 2.59. The van der Waals surface area contributed by atoms with E-state index >= 15 is 0 Å². The Morgan fingerprint density at radius 3 is 2.77 bits per heavy atom. The van der Waals surface area contributed by atoms with E-state index in [1.807, 2.05) is 0 Å². The second-order valence-corrected chi connectivity index (χ2v) is 6.73. The van der Waals surface area contributed by atoms with Gasteiger partial charge >= 0.3 is 0 Å². The van der Waals surface area contributed by atoms with Crippen LogP contribution in [0.15, 0.2) is 18.2 Å². The standard InChI is InChI=1S/C16H22Cl2N2O2/c1-11-5-7-20(8-6-11)10-12(21)9-19-16(22)13-3-2-4-14(17)15(13)18/h2-4,11-12,21H,5-10H2,1H3,(H,19,22)/t12-/m1/s1. The number of nitrogens with zero attached hydrogens (tertiary/aromatic N) is 1. The molecule has 1 aliphatic rings. The summed E-state index contributed by atoms with van der Waals surface area (Å²) in [6.45, 7) is 5.05. The number of β-amino-alcohol motifs (C(OH)–C–C–N with tert-alkyl or cyclic N) is 1. The van der Waals surface area contributed by atoms with Crippen LogP contribution >= 0.6 is 23.2 Å². The second kappa shape index (κ2) is 8.16. The van der Waals surface area contributed by atoms with E-state index in [1.54, 1.807) is 18.2 Å². The van der Waals surface area contributed by atoms with Crippen molar-refractivity contribution in [2.45, 2.75) is 25.9 Å². The molecule has 1 saturated heterocycles. The molecule has 6 heteroatoms. The first-order valence-electron chi connectivity index (χ1n) is 7.60. The molecule has 1 aromatic rings. The SMILES string of the molecule is CC1CCN(C[C@H](O)CNC(=O)c2cccc(Cl)c2Cl)CC1. The average molecular weight is 345 g/mol. The Labute approximate surface area is 141 Å². The van der Waals surface area contributed by atoms with Gasteiger partial charge in [-0.25, -0.2) is 0 Å². The Hall–Kier alpha value is -0.810. The minimum atomic E-state index is -0.588. The number of halogens is 2. The van der Waals surface area contributed by atoms with Crippen LogP contribution < -0.4 is 5.32 Å². The van der Waals surface area contributed by atoms with E-state index in [1.165, 1.54) is 0 Å². The summed E-state index contributed by atoms with van der Waals surface area (Å²) in [6.07, 6.45) is 1.74. The van der Waals surface area contributed by atoms with Gasteiger partial charge in [0, 0.05) is 13.1 Å². The molecule has 22 heavy (non-hydrogen) atoms. The number of piperidine rings is 1. The summed E-state index contributed by atoms with van der Waals surface area (Å²) in [6, 6.07) is 4.92. The van der Waals surface area contributed by atoms with Crippen LogP contribution in [0.4, 0.5) is 0 Å². The van der Waals surface area contributed by atoms with Crippen molar-refractivity contribution in [3.8, 4) is 0 Å². The summed E-state index contributed by atoms with van der Waals surface area (Å²) in [5.74, 6) is 0.442. The molecule has 0 aliphatic carbocycles. The molecule has 0 unspecified atom stereocenters. The summed E-state index contributed by atoms with van der Waals surface area (Å²) in [5.41, 5.74) is 0.327. The Kier molecular flexibility index (Phi) is 6.50. The van der Waals surface area contributed by atoms with Crippen molar-refractivity contribution >= 4 is 29.1 Å².